The fourth-order valence-corrected chi connectivity index (χ4v) is 8.59. The van der Waals surface area contributed by atoms with Crippen LogP contribution in [0.1, 0.15) is 158 Å². The molecule has 456 valence electrons. The summed E-state index contributed by atoms with van der Waals surface area (Å²) in [5.41, 5.74) is 16.3. The molecule has 17 N–H and O–H groups in total. The lowest BCUT2D eigenvalue weighted by atomic mass is 10.0. The molecule has 0 spiro atoms. The zero-order chi connectivity index (χ0) is 60.6. The van der Waals surface area contributed by atoms with Crippen molar-refractivity contribution in [2.45, 2.75) is 224 Å². The zero-order valence-corrected chi connectivity index (χ0v) is 47.9. The number of ether oxygens (including phenoxy) is 1. The van der Waals surface area contributed by atoms with Crippen molar-refractivity contribution in [3.8, 4) is 0 Å². The summed E-state index contributed by atoms with van der Waals surface area (Å²) in [6.45, 7) is 8.96. The van der Waals surface area contributed by atoms with E-state index in [0.29, 0.717) is 12.8 Å². The van der Waals surface area contributed by atoms with Crippen LogP contribution in [0.25, 0.3) is 0 Å². The molecule has 1 aliphatic heterocycles. The number of nitrogens with zero attached hydrogens (tertiary/aromatic N) is 2. The number of amides is 10. The SMILES string of the molecule is CCCCCCCCCCCC(O)CC(=O)N[C@@H](CC)C(=O)N[C@@H]1C(=O)N[C@H]([C@@H](C)O)C(=O)N[C@H](CC(C)C)C(=O)NCC(=O)N[C@H](CCC(N)=O)C(=O)NCC(=O)N(C)[C@H]([C@@H](C)O)C(=O)N[C@@H](CCCN=C(N)N)C(=O)O[C@@H]1C. The largest absolute Gasteiger partial charge is 0.458 e. The number of cyclic esters (lactones) is 1. The highest BCUT2D eigenvalue weighted by atomic mass is 16.5. The van der Waals surface area contributed by atoms with Crippen molar-refractivity contribution in [2.75, 3.05) is 26.7 Å². The third-order valence-corrected chi connectivity index (χ3v) is 13.1. The van der Waals surface area contributed by atoms with Crippen LogP contribution in [-0.2, 0) is 57.5 Å². The predicted molar refractivity (Wildman–Crippen MR) is 294 cm³/mol. The maximum absolute atomic E-state index is 14.5. The number of aliphatic hydroxyl groups is 3. The number of nitrogens with one attached hydrogen (secondary N) is 8. The van der Waals surface area contributed by atoms with Gasteiger partial charge in [-0.15, -0.1) is 0 Å². The van der Waals surface area contributed by atoms with Crippen LogP contribution in [0.2, 0.25) is 0 Å². The highest BCUT2D eigenvalue weighted by Gasteiger charge is 2.40. The van der Waals surface area contributed by atoms with Crippen molar-refractivity contribution in [1.29, 1.82) is 0 Å². The lowest BCUT2D eigenvalue weighted by Crippen LogP contribution is -2.63. The Labute approximate surface area is 469 Å². The van der Waals surface area contributed by atoms with Crippen molar-refractivity contribution in [3.63, 3.8) is 0 Å². The highest BCUT2D eigenvalue weighted by molar-refractivity contribution is 5.98. The molecule has 28 nitrogen and oxygen atoms in total. The van der Waals surface area contributed by atoms with E-state index in [1.807, 2.05) is 0 Å². The molecule has 1 heterocycles. The number of likely N-dealkylation sites (N-methyl/N-ethyl adjacent to an activating group) is 1. The minimum Gasteiger partial charge on any atom is -0.458 e. The summed E-state index contributed by atoms with van der Waals surface area (Å²) in [6, 6.07) is -11.4. The molecule has 28 heteroatoms. The van der Waals surface area contributed by atoms with Crippen molar-refractivity contribution in [3.05, 3.63) is 0 Å². The van der Waals surface area contributed by atoms with Gasteiger partial charge in [0.1, 0.15) is 48.4 Å². The first kappa shape index (κ1) is 71.3. The van der Waals surface area contributed by atoms with E-state index in [2.05, 4.69) is 54.5 Å². The van der Waals surface area contributed by atoms with Crippen LogP contribution in [0.3, 0.4) is 0 Å². The number of unbranched alkanes of at least 4 members (excludes halogenated alkanes) is 8. The van der Waals surface area contributed by atoms with Gasteiger partial charge in [0.05, 0.1) is 37.8 Å². The van der Waals surface area contributed by atoms with Gasteiger partial charge in [-0.05, 0) is 65.2 Å². The van der Waals surface area contributed by atoms with Crippen molar-refractivity contribution in [2.24, 2.45) is 28.1 Å². The second-order valence-corrected chi connectivity index (χ2v) is 20.8. The average Bonchev–Trinajstić information content (AvgIpc) is 3.37. The summed E-state index contributed by atoms with van der Waals surface area (Å²) in [7, 11) is 1.12. The summed E-state index contributed by atoms with van der Waals surface area (Å²) >= 11 is 0. The van der Waals surface area contributed by atoms with Gasteiger partial charge in [-0.1, -0.05) is 85.5 Å². The van der Waals surface area contributed by atoms with Crippen LogP contribution in [0.4, 0.5) is 0 Å². The Kier molecular flexibility index (Phi) is 33.9. The summed E-state index contributed by atoms with van der Waals surface area (Å²) in [6.07, 6.45) is 2.40. The van der Waals surface area contributed by atoms with Gasteiger partial charge >= 0.3 is 5.97 Å². The molecule has 0 aromatic heterocycles. The molecule has 80 heavy (non-hydrogen) atoms. The molecule has 1 aliphatic rings. The first-order valence-corrected chi connectivity index (χ1v) is 27.8. The molecule has 0 aromatic rings. The standard InChI is InChI=1S/C52H93N13O15/c1-9-11-12-13-14-15-16-17-18-20-33(68)26-39(70)59-34(10-2)47(75)64-43-32(7)80-51(79)36(21-19-24-56-52(54)55)61-50(78)44(31(6)67)65(8)41(72)28-58-45(73)35(22-23-38(53)69)60-40(71)27-57-46(74)37(25-29(3)4)62-48(76)42(30(5)66)63-49(43)77/h29-37,42-44,66-68H,9-28H2,1-8H3,(H2,53,69)(H,57,74)(H,58,73)(H,59,70)(H,60,71)(H,61,78)(H,62,76)(H,63,77)(H,64,75)(H4,54,55,56)/t30-,31-,32-,33?,34+,35-,36+,37-,42-,43+,44-/m1/s1. The normalized spacial score (nSPS) is 23.2. The Morgan fingerprint density at radius 3 is 1.86 bits per heavy atom. The molecule has 0 aliphatic carbocycles. The zero-order valence-electron chi connectivity index (χ0n) is 47.9. The molecular formula is C52H93N13O15. The quantitative estimate of drug-likeness (QED) is 0.0170. The van der Waals surface area contributed by atoms with Crippen LogP contribution in [-0.4, -0.2) is 185 Å². The fourth-order valence-electron chi connectivity index (χ4n) is 8.59. The van der Waals surface area contributed by atoms with E-state index >= 15 is 0 Å². The third-order valence-electron chi connectivity index (χ3n) is 13.1. The maximum atomic E-state index is 14.5. The average molecular weight is 1140 g/mol. The van der Waals surface area contributed by atoms with Crippen molar-refractivity contribution >= 4 is 71.0 Å². The van der Waals surface area contributed by atoms with E-state index in [1.54, 1.807) is 20.8 Å². The first-order valence-electron chi connectivity index (χ1n) is 27.8. The molecule has 1 fully saturated rings. The smallest absolute Gasteiger partial charge is 0.328 e. The molecule has 0 bridgehead atoms. The summed E-state index contributed by atoms with van der Waals surface area (Å²) in [5.74, 6) is -11.5. The predicted octanol–water partition coefficient (Wildman–Crippen LogP) is -2.89. The molecule has 1 saturated heterocycles. The Balaban J connectivity index is 3.81. The monoisotopic (exact) mass is 1140 g/mol. The lowest BCUT2D eigenvalue weighted by molar-refractivity contribution is -0.157. The summed E-state index contributed by atoms with van der Waals surface area (Å²) < 4.78 is 5.76. The Hall–Kier alpha value is -6.68. The van der Waals surface area contributed by atoms with Gasteiger partial charge in [0.2, 0.25) is 59.1 Å². The lowest BCUT2D eigenvalue weighted by Gasteiger charge is -2.32. The number of guanidine groups is 1. The number of aliphatic imine (C=N–C) groups is 1. The van der Waals surface area contributed by atoms with Crippen LogP contribution in [0.15, 0.2) is 4.99 Å². The molecule has 0 saturated carbocycles. The highest BCUT2D eigenvalue weighted by Crippen LogP contribution is 2.15. The summed E-state index contributed by atoms with van der Waals surface area (Å²) in [4.78, 5) is 154. The number of nitrogens with two attached hydrogens (primary N) is 3. The van der Waals surface area contributed by atoms with E-state index in [4.69, 9.17) is 21.9 Å². The van der Waals surface area contributed by atoms with Gasteiger partial charge in [-0.3, -0.25) is 52.9 Å². The van der Waals surface area contributed by atoms with E-state index in [-0.39, 0.29) is 56.9 Å². The summed E-state index contributed by atoms with van der Waals surface area (Å²) in [5, 5.41) is 51.8. The van der Waals surface area contributed by atoms with Gasteiger partial charge in [0.15, 0.2) is 5.96 Å². The number of esters is 1. The Morgan fingerprint density at radius 2 is 1.30 bits per heavy atom. The van der Waals surface area contributed by atoms with Gasteiger partial charge in [0.25, 0.3) is 0 Å². The first-order chi connectivity index (χ1) is 37.6. The molecule has 1 rings (SSSR count). The Morgan fingerprint density at radius 1 is 0.713 bits per heavy atom. The van der Waals surface area contributed by atoms with Gasteiger partial charge < -0.3 is 84.7 Å². The van der Waals surface area contributed by atoms with E-state index < -0.39 is 151 Å². The number of hydrogen-bond acceptors (Lipinski definition) is 16. The van der Waals surface area contributed by atoms with Gasteiger partial charge in [-0.25, -0.2) is 4.79 Å². The van der Waals surface area contributed by atoms with Gasteiger partial charge in [0, 0.05) is 20.0 Å². The van der Waals surface area contributed by atoms with E-state index in [0.717, 1.165) is 57.9 Å². The fraction of sp³-hybridized carbons (Fsp3) is 0.769. The second kappa shape index (κ2) is 38.1. The van der Waals surface area contributed by atoms with Crippen molar-refractivity contribution in [1.82, 2.24) is 47.4 Å². The molecule has 0 radical (unpaired) electrons. The molecule has 10 amide bonds. The van der Waals surface area contributed by atoms with E-state index in [9.17, 15) is 68.1 Å². The van der Waals surface area contributed by atoms with Crippen molar-refractivity contribution < 1.29 is 72.8 Å². The van der Waals surface area contributed by atoms with E-state index in [1.165, 1.54) is 26.2 Å². The number of carbonyl (C=O) groups excluding carboxylic acids is 11. The number of rotatable bonds is 27. The van der Waals surface area contributed by atoms with Gasteiger partial charge in [-0.2, -0.15) is 0 Å². The van der Waals surface area contributed by atoms with Crippen LogP contribution in [0.5, 0.6) is 0 Å². The molecule has 1 unspecified atom stereocenters. The number of carbonyl (C=O) groups is 11. The van der Waals surface area contributed by atoms with Crippen LogP contribution >= 0.6 is 0 Å². The van der Waals surface area contributed by atoms with Crippen LogP contribution < -0.4 is 59.7 Å². The van der Waals surface area contributed by atoms with Crippen LogP contribution in [0, 0.1) is 5.92 Å². The second-order valence-electron chi connectivity index (χ2n) is 20.8. The molecule has 11 atom stereocenters. The molecule has 0 aromatic carbocycles. The third kappa shape index (κ3) is 28.0. The maximum Gasteiger partial charge on any atom is 0.328 e. The minimum absolute atomic E-state index is 0.00730. The number of primary amides is 1. The minimum atomic E-state index is -1.93. The number of aliphatic hydroxyl groups excluding tert-OH is 3. The Bertz CT molecular complexity index is 2070. The number of hydrogen-bond donors (Lipinski definition) is 14. The topological polar surface area (TPSA) is 448 Å². The molecular weight excluding hydrogens is 1050 g/mol.